The lowest BCUT2D eigenvalue weighted by atomic mass is 10.0. The Bertz CT molecular complexity index is 494. The molecule has 0 aromatic carbocycles. The van der Waals surface area contributed by atoms with Gasteiger partial charge in [-0.05, 0) is 0 Å². The number of carboxylic acids is 1. The highest BCUT2D eigenvalue weighted by molar-refractivity contribution is 7.95. The van der Waals surface area contributed by atoms with Crippen molar-refractivity contribution < 1.29 is 36.7 Å². The van der Waals surface area contributed by atoms with Crippen LogP contribution >= 0.6 is 0 Å². The molecule has 1 N–H and O–H groups in total. The van der Waals surface area contributed by atoms with E-state index in [1.54, 1.807) is 0 Å². The Balaban J connectivity index is 2.01. The van der Waals surface area contributed by atoms with E-state index in [1.165, 1.54) is 0 Å². The number of alkyl halides is 3. The van der Waals surface area contributed by atoms with E-state index in [9.17, 15) is 26.7 Å². The average Bonchev–Trinajstić information content (AvgIpc) is 2.84. The van der Waals surface area contributed by atoms with E-state index in [1.807, 2.05) is 0 Å². The molecule has 7 nitrogen and oxygen atoms in total. The molecule has 11 heteroatoms. The van der Waals surface area contributed by atoms with E-state index in [-0.39, 0.29) is 18.8 Å². The third-order valence-electron chi connectivity index (χ3n) is 3.13. The topological polar surface area (TPSA) is 102 Å². The summed E-state index contributed by atoms with van der Waals surface area (Å²) < 4.78 is 60.6. The van der Waals surface area contributed by atoms with Crippen molar-refractivity contribution >= 4 is 22.1 Å². The second kappa shape index (κ2) is 4.97. The van der Waals surface area contributed by atoms with Crippen LogP contribution in [0, 0.1) is 5.92 Å². The van der Waals surface area contributed by atoms with Gasteiger partial charge in [-0.2, -0.15) is 13.2 Å². The number of rotatable bonds is 4. The number of oxime groups is 1. The molecule has 0 radical (unpaired) electrons. The molecule has 0 spiro atoms. The number of halogens is 3. The number of aliphatic carboxylic acids is 1. The lowest BCUT2D eigenvalue weighted by Crippen LogP contribution is -2.39. The second-order valence-corrected chi connectivity index (χ2v) is 6.62. The molecule has 2 aliphatic heterocycles. The van der Waals surface area contributed by atoms with Gasteiger partial charge in [-0.25, -0.2) is 4.79 Å². The molecule has 2 rings (SSSR count). The second-order valence-electron chi connectivity index (χ2n) is 4.53. The first-order valence-corrected chi connectivity index (χ1v) is 7.22. The van der Waals surface area contributed by atoms with Crippen LogP contribution in [0.15, 0.2) is 5.16 Å². The largest absolute Gasteiger partial charge is 0.598 e. The van der Waals surface area contributed by atoms with Gasteiger partial charge in [0.25, 0.3) is 0 Å². The molecule has 0 amide bonds. The summed E-state index contributed by atoms with van der Waals surface area (Å²) in [7, 11) is -4.10. The zero-order chi connectivity index (χ0) is 15.1. The van der Waals surface area contributed by atoms with Crippen LogP contribution in [0.3, 0.4) is 0 Å². The van der Waals surface area contributed by atoms with Gasteiger partial charge >= 0.3 is 12.1 Å². The van der Waals surface area contributed by atoms with E-state index in [4.69, 9.17) is 9.94 Å². The minimum absolute atomic E-state index is 0.189. The van der Waals surface area contributed by atoms with Crippen LogP contribution < -0.4 is 0 Å². The van der Waals surface area contributed by atoms with Gasteiger partial charge in [0.1, 0.15) is 16.2 Å². The quantitative estimate of drug-likeness (QED) is 0.749. The van der Waals surface area contributed by atoms with Crippen molar-refractivity contribution in [1.82, 2.24) is 4.31 Å². The zero-order valence-electron chi connectivity index (χ0n) is 10.00. The van der Waals surface area contributed by atoms with E-state index in [2.05, 4.69) is 5.16 Å². The van der Waals surface area contributed by atoms with Crippen molar-refractivity contribution in [2.45, 2.75) is 18.7 Å². The maximum absolute atomic E-state index is 12.1. The first-order chi connectivity index (χ1) is 9.10. The van der Waals surface area contributed by atoms with Crippen molar-refractivity contribution in [2.75, 3.05) is 18.8 Å². The lowest BCUT2D eigenvalue weighted by Gasteiger charge is -2.24. The minimum atomic E-state index is -4.56. The number of nitrogens with zero attached hydrogens (tertiary/aromatic N) is 2. The summed E-state index contributed by atoms with van der Waals surface area (Å²) >= 11 is 0. The van der Waals surface area contributed by atoms with Crippen molar-refractivity contribution in [3.05, 3.63) is 0 Å². The predicted molar refractivity (Wildman–Crippen MR) is 59.4 cm³/mol. The normalized spacial score (nSPS) is 29.5. The van der Waals surface area contributed by atoms with Crippen LogP contribution in [0.1, 0.15) is 6.42 Å². The number of carboxylic acid groups (broad SMARTS) is 1. The Morgan fingerprint density at radius 2 is 2.20 bits per heavy atom. The number of hydrogen-bond acceptors (Lipinski definition) is 5. The summed E-state index contributed by atoms with van der Waals surface area (Å²) in [6.45, 7) is -0.416. The Morgan fingerprint density at radius 1 is 1.55 bits per heavy atom. The van der Waals surface area contributed by atoms with E-state index in [0.29, 0.717) is 0 Å². The lowest BCUT2D eigenvalue weighted by molar-refractivity contribution is -0.130. The molecule has 0 aromatic rings. The van der Waals surface area contributed by atoms with Gasteiger partial charge in [-0.3, -0.25) is 0 Å². The first-order valence-electron chi connectivity index (χ1n) is 5.62. The average molecular weight is 316 g/mol. The van der Waals surface area contributed by atoms with Gasteiger partial charge in [0.2, 0.25) is 0 Å². The predicted octanol–water partition coefficient (Wildman–Crippen LogP) is 0.255. The summed E-state index contributed by atoms with van der Waals surface area (Å²) in [4.78, 5) is 15.6. The Hall–Kier alpha value is -1.20. The standard InChI is InChI=1S/C9H11F3N2O5S/c10-9(11,12)1-2-20(17,18)14-3-5-6(4-14)19-13-7(5)8(15)16/h5-6H,1-4H2,(H-,15,16,17,18). The van der Waals surface area contributed by atoms with Crippen molar-refractivity contribution in [3.63, 3.8) is 0 Å². The minimum Gasteiger partial charge on any atom is -0.598 e. The molecule has 0 aromatic heterocycles. The van der Waals surface area contributed by atoms with Crippen LogP contribution in [-0.2, 0) is 24.2 Å². The summed E-state index contributed by atoms with van der Waals surface area (Å²) in [6.07, 6.45) is -6.75. The smallest absolute Gasteiger partial charge is 0.393 e. The van der Waals surface area contributed by atoms with Crippen molar-refractivity contribution in [3.8, 4) is 0 Å². The molecule has 0 bridgehead atoms. The fourth-order valence-corrected chi connectivity index (χ4v) is 3.61. The van der Waals surface area contributed by atoms with Crippen LogP contribution in [0.5, 0.6) is 0 Å². The highest BCUT2D eigenvalue weighted by Crippen LogP contribution is 2.32. The number of carbonyl (C=O) groups is 1. The van der Waals surface area contributed by atoms with Crippen LogP contribution in [-0.4, -0.2) is 56.8 Å². The Kier molecular flexibility index (Phi) is 3.77. The first kappa shape index (κ1) is 15.2. The van der Waals surface area contributed by atoms with Gasteiger partial charge in [-0.15, -0.1) is 4.31 Å². The van der Waals surface area contributed by atoms with Gasteiger partial charge in [0, 0.05) is 0 Å². The van der Waals surface area contributed by atoms with Crippen LogP contribution in [0.2, 0.25) is 0 Å². The van der Waals surface area contributed by atoms with Gasteiger partial charge < -0.3 is 14.5 Å². The number of fused-ring (bicyclic) bond motifs is 1. The van der Waals surface area contributed by atoms with Gasteiger partial charge in [-0.1, -0.05) is 9.36 Å². The molecule has 20 heavy (non-hydrogen) atoms. The van der Waals surface area contributed by atoms with E-state index >= 15 is 0 Å². The van der Waals surface area contributed by atoms with Crippen molar-refractivity contribution in [2.24, 2.45) is 11.1 Å². The highest BCUT2D eigenvalue weighted by Gasteiger charge is 2.50. The highest BCUT2D eigenvalue weighted by atomic mass is 32.3. The fraction of sp³-hybridized carbons (Fsp3) is 0.778. The fourth-order valence-electron chi connectivity index (χ4n) is 2.10. The summed E-state index contributed by atoms with van der Waals surface area (Å²) in [6, 6.07) is 0. The molecule has 2 heterocycles. The Morgan fingerprint density at radius 3 is 2.75 bits per heavy atom. The SMILES string of the molecule is O=C(O)C1=NOC2CN([S+](=O)([O-])CCC(F)(F)F)CC12. The molecule has 1 fully saturated rings. The summed E-state index contributed by atoms with van der Waals surface area (Å²) in [5, 5.41) is 12.2. The molecule has 0 aliphatic carbocycles. The number of hydrogen-bond donors (Lipinski definition) is 1. The van der Waals surface area contributed by atoms with E-state index in [0.717, 1.165) is 4.31 Å². The van der Waals surface area contributed by atoms with Gasteiger partial charge in [0.05, 0.1) is 25.4 Å². The van der Waals surface area contributed by atoms with E-state index < -0.39 is 46.7 Å². The third kappa shape index (κ3) is 3.10. The molecular weight excluding hydrogens is 305 g/mol. The molecule has 3 unspecified atom stereocenters. The maximum Gasteiger partial charge on any atom is 0.393 e. The maximum atomic E-state index is 12.1. The van der Waals surface area contributed by atoms with Crippen LogP contribution in [0.25, 0.3) is 0 Å². The summed E-state index contributed by atoms with van der Waals surface area (Å²) in [5.41, 5.74) is -0.302. The molecular formula is C9H11F3N2O5S. The molecule has 3 atom stereocenters. The zero-order valence-corrected chi connectivity index (χ0v) is 10.8. The number of sulfonamides is 1. The molecule has 1 saturated heterocycles. The summed E-state index contributed by atoms with van der Waals surface area (Å²) in [5.74, 6) is -3.13. The Labute approximate surface area is 112 Å². The van der Waals surface area contributed by atoms with Gasteiger partial charge in [0.15, 0.2) is 11.8 Å². The van der Waals surface area contributed by atoms with Crippen molar-refractivity contribution in [1.29, 1.82) is 0 Å². The molecule has 2 aliphatic rings. The molecule has 0 saturated carbocycles. The van der Waals surface area contributed by atoms with Crippen LogP contribution in [0.4, 0.5) is 13.2 Å². The monoisotopic (exact) mass is 316 g/mol. The molecule has 114 valence electrons. The third-order valence-corrected chi connectivity index (χ3v) is 4.93.